The van der Waals surface area contributed by atoms with Crippen LogP contribution in [0.5, 0.6) is 11.5 Å². The van der Waals surface area contributed by atoms with Gasteiger partial charge < -0.3 is 10.2 Å². The van der Waals surface area contributed by atoms with Crippen molar-refractivity contribution in [2.45, 2.75) is 13.1 Å². The van der Waals surface area contributed by atoms with Crippen LogP contribution in [-0.4, -0.2) is 10.2 Å². The molecule has 0 fully saturated rings. The lowest BCUT2D eigenvalue weighted by molar-refractivity contribution is 0.367. The van der Waals surface area contributed by atoms with Gasteiger partial charge in [-0.25, -0.2) is 4.39 Å². The molecule has 2 nitrogen and oxygen atoms in total. The van der Waals surface area contributed by atoms with Crippen LogP contribution in [0.2, 0.25) is 0 Å². The molecule has 0 aliphatic heterocycles. The molecule has 11 heavy (non-hydrogen) atoms. The topological polar surface area (TPSA) is 40.5 Å². The van der Waals surface area contributed by atoms with Gasteiger partial charge in [0.1, 0.15) is 6.17 Å². The van der Waals surface area contributed by atoms with E-state index in [2.05, 4.69) is 0 Å². The Labute approximate surface area is 63.9 Å². The lowest BCUT2D eigenvalue weighted by Crippen LogP contribution is -1.83. The Bertz CT molecular complexity index is 258. The predicted octanol–water partition coefficient (Wildman–Crippen LogP) is 2.13. The van der Waals surface area contributed by atoms with Gasteiger partial charge in [-0.3, -0.25) is 0 Å². The van der Waals surface area contributed by atoms with Crippen molar-refractivity contribution in [2.75, 3.05) is 0 Å². The molecule has 0 heterocycles. The molecular weight excluding hydrogens is 147 g/mol. The molecule has 0 radical (unpaired) electrons. The summed E-state index contributed by atoms with van der Waals surface area (Å²) in [6.45, 7) is 1.37. The zero-order valence-corrected chi connectivity index (χ0v) is 6.08. The van der Waals surface area contributed by atoms with Crippen LogP contribution in [0.25, 0.3) is 0 Å². The highest BCUT2D eigenvalue weighted by molar-refractivity contribution is 5.41. The van der Waals surface area contributed by atoms with E-state index in [-0.39, 0.29) is 11.5 Å². The molecule has 1 aromatic rings. The van der Waals surface area contributed by atoms with E-state index in [1.165, 1.54) is 25.1 Å². The fourth-order valence-electron chi connectivity index (χ4n) is 0.788. The number of hydrogen-bond donors (Lipinski definition) is 2. The van der Waals surface area contributed by atoms with Crippen molar-refractivity contribution in [3.8, 4) is 11.5 Å². The molecule has 0 saturated heterocycles. The number of phenols is 2. The summed E-state index contributed by atoms with van der Waals surface area (Å²) in [4.78, 5) is 0. The standard InChI is InChI=1S/C8H9FO2/c1-5(9)6-2-3-7(10)8(11)4-6/h2-5,10-11H,1H3. The van der Waals surface area contributed by atoms with Crippen molar-refractivity contribution in [1.82, 2.24) is 0 Å². The third kappa shape index (κ3) is 1.61. The number of aromatic hydroxyl groups is 2. The van der Waals surface area contributed by atoms with Gasteiger partial charge in [-0.15, -0.1) is 0 Å². The fraction of sp³-hybridized carbons (Fsp3) is 0.250. The number of halogens is 1. The summed E-state index contributed by atoms with van der Waals surface area (Å²) in [7, 11) is 0. The van der Waals surface area contributed by atoms with E-state index in [0.29, 0.717) is 5.56 Å². The highest BCUT2D eigenvalue weighted by Crippen LogP contribution is 2.28. The molecule has 1 aromatic carbocycles. The monoisotopic (exact) mass is 156 g/mol. The number of rotatable bonds is 1. The molecule has 0 aromatic heterocycles. The molecule has 1 rings (SSSR count). The maximum atomic E-state index is 12.6. The number of hydrogen-bond acceptors (Lipinski definition) is 2. The van der Waals surface area contributed by atoms with E-state index in [9.17, 15) is 4.39 Å². The third-order valence-corrected chi connectivity index (χ3v) is 1.46. The van der Waals surface area contributed by atoms with E-state index < -0.39 is 6.17 Å². The first-order valence-corrected chi connectivity index (χ1v) is 3.27. The Morgan fingerprint density at radius 3 is 2.36 bits per heavy atom. The average Bonchev–Trinajstić information content (AvgIpc) is 1.94. The Morgan fingerprint density at radius 2 is 1.91 bits per heavy atom. The zero-order chi connectivity index (χ0) is 8.43. The van der Waals surface area contributed by atoms with E-state index in [1.54, 1.807) is 0 Å². The quantitative estimate of drug-likeness (QED) is 0.611. The van der Waals surface area contributed by atoms with E-state index in [0.717, 1.165) is 0 Å². The van der Waals surface area contributed by atoms with E-state index in [4.69, 9.17) is 10.2 Å². The fourth-order valence-corrected chi connectivity index (χ4v) is 0.788. The molecule has 3 heteroatoms. The second-order valence-corrected chi connectivity index (χ2v) is 2.36. The molecule has 0 bridgehead atoms. The minimum atomic E-state index is -1.12. The van der Waals surface area contributed by atoms with Crippen LogP contribution < -0.4 is 0 Å². The molecule has 1 unspecified atom stereocenters. The Hall–Kier alpha value is -1.25. The first-order valence-electron chi connectivity index (χ1n) is 3.27. The average molecular weight is 156 g/mol. The lowest BCUT2D eigenvalue weighted by atomic mass is 10.1. The highest BCUT2D eigenvalue weighted by atomic mass is 19.1. The maximum Gasteiger partial charge on any atom is 0.157 e. The van der Waals surface area contributed by atoms with Crippen LogP contribution in [0.1, 0.15) is 18.7 Å². The lowest BCUT2D eigenvalue weighted by Gasteiger charge is -2.02. The van der Waals surface area contributed by atoms with Crippen LogP contribution in [0.4, 0.5) is 4.39 Å². The summed E-state index contributed by atoms with van der Waals surface area (Å²) in [5.41, 5.74) is 0.361. The van der Waals surface area contributed by atoms with Crippen molar-refractivity contribution in [2.24, 2.45) is 0 Å². The molecule has 1 atom stereocenters. The van der Waals surface area contributed by atoms with Gasteiger partial charge in [-0.1, -0.05) is 6.07 Å². The zero-order valence-electron chi connectivity index (χ0n) is 6.08. The molecule has 0 amide bonds. The van der Waals surface area contributed by atoms with Crippen LogP contribution in [0.3, 0.4) is 0 Å². The van der Waals surface area contributed by atoms with Crippen molar-refractivity contribution in [1.29, 1.82) is 0 Å². The van der Waals surface area contributed by atoms with Gasteiger partial charge in [0.15, 0.2) is 11.5 Å². The molecule has 60 valence electrons. The SMILES string of the molecule is CC(F)c1ccc(O)c(O)c1. The van der Waals surface area contributed by atoms with Gasteiger partial charge in [-0.2, -0.15) is 0 Å². The van der Waals surface area contributed by atoms with Gasteiger partial charge in [0.25, 0.3) is 0 Å². The number of benzene rings is 1. The van der Waals surface area contributed by atoms with Gasteiger partial charge in [-0.05, 0) is 24.6 Å². The number of phenolic OH excluding ortho intramolecular Hbond substituents is 2. The van der Waals surface area contributed by atoms with Gasteiger partial charge in [0, 0.05) is 0 Å². The Balaban J connectivity index is 3.05. The molecular formula is C8H9FO2. The summed E-state index contributed by atoms with van der Waals surface area (Å²) >= 11 is 0. The van der Waals surface area contributed by atoms with Gasteiger partial charge in [0.05, 0.1) is 0 Å². The largest absolute Gasteiger partial charge is 0.504 e. The summed E-state index contributed by atoms with van der Waals surface area (Å²) in [6, 6.07) is 3.90. The summed E-state index contributed by atoms with van der Waals surface area (Å²) < 4.78 is 12.6. The van der Waals surface area contributed by atoms with Crippen LogP contribution in [-0.2, 0) is 0 Å². The molecule has 0 aliphatic carbocycles. The molecule has 0 aliphatic rings. The van der Waals surface area contributed by atoms with Crippen molar-refractivity contribution >= 4 is 0 Å². The summed E-state index contributed by atoms with van der Waals surface area (Å²) in [5, 5.41) is 17.8. The van der Waals surface area contributed by atoms with Crippen molar-refractivity contribution in [3.63, 3.8) is 0 Å². The third-order valence-electron chi connectivity index (χ3n) is 1.46. The molecule has 2 N–H and O–H groups in total. The minimum Gasteiger partial charge on any atom is -0.504 e. The van der Waals surface area contributed by atoms with Crippen LogP contribution >= 0.6 is 0 Å². The maximum absolute atomic E-state index is 12.6. The van der Waals surface area contributed by atoms with Gasteiger partial charge in [0.2, 0.25) is 0 Å². The minimum absolute atomic E-state index is 0.227. The smallest absolute Gasteiger partial charge is 0.157 e. The van der Waals surface area contributed by atoms with E-state index >= 15 is 0 Å². The highest BCUT2D eigenvalue weighted by Gasteiger charge is 2.05. The molecule has 0 saturated carbocycles. The second kappa shape index (κ2) is 2.78. The Morgan fingerprint density at radius 1 is 1.27 bits per heavy atom. The van der Waals surface area contributed by atoms with Gasteiger partial charge >= 0.3 is 0 Å². The summed E-state index contributed by atoms with van der Waals surface area (Å²) in [5.74, 6) is -0.513. The van der Waals surface area contributed by atoms with Crippen molar-refractivity contribution in [3.05, 3.63) is 23.8 Å². The van der Waals surface area contributed by atoms with Crippen molar-refractivity contribution < 1.29 is 14.6 Å². The van der Waals surface area contributed by atoms with Crippen LogP contribution in [0, 0.1) is 0 Å². The second-order valence-electron chi connectivity index (χ2n) is 2.36. The summed E-state index contributed by atoms with van der Waals surface area (Å²) in [6.07, 6.45) is -1.12. The first kappa shape index (κ1) is 7.85. The Kier molecular flexibility index (Phi) is 1.98. The normalized spacial score (nSPS) is 12.9. The van der Waals surface area contributed by atoms with Crippen LogP contribution in [0.15, 0.2) is 18.2 Å². The predicted molar refractivity (Wildman–Crippen MR) is 39.3 cm³/mol. The number of alkyl halides is 1. The molecule has 0 spiro atoms. The first-order chi connectivity index (χ1) is 5.11. The van der Waals surface area contributed by atoms with E-state index in [1.807, 2.05) is 0 Å².